The van der Waals surface area contributed by atoms with Gasteiger partial charge in [-0.2, -0.15) is 0 Å². The molecule has 0 aromatic heterocycles. The van der Waals surface area contributed by atoms with Crippen LogP contribution in [-0.2, 0) is 6.42 Å². The minimum absolute atomic E-state index is 1.08. The van der Waals surface area contributed by atoms with E-state index in [2.05, 4.69) is 49.5 Å². The lowest BCUT2D eigenvalue weighted by atomic mass is 10.0. The van der Waals surface area contributed by atoms with Crippen molar-refractivity contribution in [3.8, 4) is 0 Å². The molecule has 2 rings (SSSR count). The molecule has 0 saturated carbocycles. The van der Waals surface area contributed by atoms with Gasteiger partial charge in [0.1, 0.15) is 0 Å². The largest absolute Gasteiger partial charge is 0.355 e. The lowest BCUT2D eigenvalue weighted by Gasteiger charge is -2.12. The van der Waals surface area contributed by atoms with Crippen LogP contribution in [0.3, 0.4) is 0 Å². The Kier molecular flexibility index (Phi) is 3.25. The Morgan fingerprint density at radius 3 is 2.38 bits per heavy atom. The second-order valence-corrected chi connectivity index (χ2v) is 3.93. The standard InChI is InChI=1S/C15H17N/c1-3-13-8-7-11-15(12(13)2)16-14-9-5-4-6-10-14/h4-11,16H,3H2,1-2H3. The van der Waals surface area contributed by atoms with E-state index in [1.165, 1.54) is 16.8 Å². The van der Waals surface area contributed by atoms with Crippen molar-refractivity contribution in [2.75, 3.05) is 5.32 Å². The average Bonchev–Trinajstić information content (AvgIpc) is 2.33. The van der Waals surface area contributed by atoms with E-state index in [9.17, 15) is 0 Å². The maximum Gasteiger partial charge on any atom is 0.0416 e. The number of nitrogens with one attached hydrogen (secondary N) is 1. The Labute approximate surface area is 97.1 Å². The Bertz CT molecular complexity index is 460. The molecule has 0 saturated heterocycles. The molecule has 1 N–H and O–H groups in total. The van der Waals surface area contributed by atoms with Gasteiger partial charge in [0.05, 0.1) is 0 Å². The molecule has 0 aliphatic heterocycles. The molecule has 0 spiro atoms. The number of hydrogen-bond acceptors (Lipinski definition) is 1. The van der Waals surface area contributed by atoms with E-state index in [1.807, 2.05) is 18.2 Å². The summed E-state index contributed by atoms with van der Waals surface area (Å²) in [5.41, 5.74) is 5.08. The normalized spacial score (nSPS) is 10.1. The van der Waals surface area contributed by atoms with Crippen LogP contribution in [-0.4, -0.2) is 0 Å². The minimum Gasteiger partial charge on any atom is -0.355 e. The van der Waals surface area contributed by atoms with E-state index in [0.29, 0.717) is 0 Å². The second kappa shape index (κ2) is 4.84. The summed E-state index contributed by atoms with van der Waals surface area (Å²) in [5.74, 6) is 0. The topological polar surface area (TPSA) is 12.0 Å². The average molecular weight is 211 g/mol. The zero-order chi connectivity index (χ0) is 11.4. The van der Waals surface area contributed by atoms with Gasteiger partial charge in [0.2, 0.25) is 0 Å². The zero-order valence-corrected chi connectivity index (χ0v) is 9.83. The van der Waals surface area contributed by atoms with E-state index in [4.69, 9.17) is 0 Å². The molecule has 1 heteroatoms. The number of aryl methyl sites for hydroxylation is 1. The molecule has 2 aromatic carbocycles. The molecule has 1 nitrogen and oxygen atoms in total. The third-order valence-corrected chi connectivity index (χ3v) is 2.88. The number of para-hydroxylation sites is 1. The summed E-state index contributed by atoms with van der Waals surface area (Å²) < 4.78 is 0. The van der Waals surface area contributed by atoms with Crippen molar-refractivity contribution in [3.05, 3.63) is 59.7 Å². The molecule has 0 radical (unpaired) electrons. The van der Waals surface area contributed by atoms with Crippen molar-refractivity contribution in [1.82, 2.24) is 0 Å². The van der Waals surface area contributed by atoms with Crippen LogP contribution < -0.4 is 5.32 Å². The maximum atomic E-state index is 3.45. The lowest BCUT2D eigenvalue weighted by Crippen LogP contribution is -1.95. The highest BCUT2D eigenvalue weighted by Crippen LogP contribution is 2.23. The van der Waals surface area contributed by atoms with Crippen molar-refractivity contribution in [2.24, 2.45) is 0 Å². The highest BCUT2D eigenvalue weighted by molar-refractivity contribution is 5.64. The van der Waals surface area contributed by atoms with Crippen molar-refractivity contribution in [1.29, 1.82) is 0 Å². The number of anilines is 2. The highest BCUT2D eigenvalue weighted by Gasteiger charge is 2.01. The van der Waals surface area contributed by atoms with Crippen LogP contribution in [0, 0.1) is 6.92 Å². The van der Waals surface area contributed by atoms with Crippen LogP contribution >= 0.6 is 0 Å². The van der Waals surface area contributed by atoms with Gasteiger partial charge < -0.3 is 5.32 Å². The molecule has 0 atom stereocenters. The van der Waals surface area contributed by atoms with Gasteiger partial charge >= 0.3 is 0 Å². The molecule has 0 heterocycles. The van der Waals surface area contributed by atoms with E-state index in [-0.39, 0.29) is 0 Å². The van der Waals surface area contributed by atoms with Gasteiger partial charge in [-0.25, -0.2) is 0 Å². The van der Waals surface area contributed by atoms with Gasteiger partial charge in [0.15, 0.2) is 0 Å². The Morgan fingerprint density at radius 2 is 1.69 bits per heavy atom. The first kappa shape index (κ1) is 10.7. The first-order valence-electron chi connectivity index (χ1n) is 5.72. The molecular weight excluding hydrogens is 194 g/mol. The summed E-state index contributed by atoms with van der Waals surface area (Å²) in [6.45, 7) is 4.36. The maximum absolute atomic E-state index is 3.45. The van der Waals surface area contributed by atoms with Gasteiger partial charge in [-0.15, -0.1) is 0 Å². The molecule has 2 aromatic rings. The van der Waals surface area contributed by atoms with Gasteiger partial charge in [0, 0.05) is 11.4 Å². The summed E-state index contributed by atoms with van der Waals surface area (Å²) in [6.07, 6.45) is 1.08. The second-order valence-electron chi connectivity index (χ2n) is 3.93. The summed E-state index contributed by atoms with van der Waals surface area (Å²) in [4.78, 5) is 0. The molecule has 0 fully saturated rings. The fraction of sp³-hybridized carbons (Fsp3) is 0.200. The first-order chi connectivity index (χ1) is 7.81. The predicted molar refractivity (Wildman–Crippen MR) is 70.3 cm³/mol. The number of rotatable bonds is 3. The monoisotopic (exact) mass is 211 g/mol. The van der Waals surface area contributed by atoms with Crippen molar-refractivity contribution in [2.45, 2.75) is 20.3 Å². The molecule has 0 amide bonds. The van der Waals surface area contributed by atoms with Gasteiger partial charge in [0.25, 0.3) is 0 Å². The Hall–Kier alpha value is -1.76. The fourth-order valence-electron chi connectivity index (χ4n) is 1.88. The van der Waals surface area contributed by atoms with E-state index >= 15 is 0 Å². The van der Waals surface area contributed by atoms with Gasteiger partial charge in [-0.3, -0.25) is 0 Å². The zero-order valence-electron chi connectivity index (χ0n) is 9.83. The van der Waals surface area contributed by atoms with E-state index in [0.717, 1.165) is 12.1 Å². The Balaban J connectivity index is 2.28. The third kappa shape index (κ3) is 2.25. The van der Waals surface area contributed by atoms with Crippen LogP contribution in [0.2, 0.25) is 0 Å². The van der Waals surface area contributed by atoms with Crippen molar-refractivity contribution < 1.29 is 0 Å². The number of hydrogen-bond donors (Lipinski definition) is 1. The highest BCUT2D eigenvalue weighted by atomic mass is 14.9. The van der Waals surface area contributed by atoms with Crippen molar-refractivity contribution >= 4 is 11.4 Å². The quantitative estimate of drug-likeness (QED) is 0.798. The van der Waals surface area contributed by atoms with Crippen LogP contribution in [0.15, 0.2) is 48.5 Å². The molecule has 0 aliphatic carbocycles. The minimum atomic E-state index is 1.08. The Morgan fingerprint density at radius 1 is 0.938 bits per heavy atom. The van der Waals surface area contributed by atoms with Crippen LogP contribution in [0.5, 0.6) is 0 Å². The van der Waals surface area contributed by atoms with E-state index < -0.39 is 0 Å². The molecule has 82 valence electrons. The number of benzene rings is 2. The molecule has 0 unspecified atom stereocenters. The molecule has 16 heavy (non-hydrogen) atoms. The SMILES string of the molecule is CCc1cccc(Nc2ccccc2)c1C. The third-order valence-electron chi connectivity index (χ3n) is 2.88. The van der Waals surface area contributed by atoms with Crippen LogP contribution in [0.1, 0.15) is 18.1 Å². The summed E-state index contributed by atoms with van der Waals surface area (Å²) in [7, 11) is 0. The molecule has 0 aliphatic rings. The first-order valence-corrected chi connectivity index (χ1v) is 5.72. The van der Waals surface area contributed by atoms with Crippen molar-refractivity contribution in [3.63, 3.8) is 0 Å². The van der Waals surface area contributed by atoms with Gasteiger partial charge in [-0.1, -0.05) is 37.3 Å². The predicted octanol–water partition coefficient (Wildman–Crippen LogP) is 4.30. The lowest BCUT2D eigenvalue weighted by molar-refractivity contribution is 1.11. The van der Waals surface area contributed by atoms with E-state index in [1.54, 1.807) is 0 Å². The van der Waals surface area contributed by atoms with Crippen LogP contribution in [0.25, 0.3) is 0 Å². The smallest absolute Gasteiger partial charge is 0.0416 e. The summed E-state index contributed by atoms with van der Waals surface area (Å²) >= 11 is 0. The molecule has 0 bridgehead atoms. The summed E-state index contributed by atoms with van der Waals surface area (Å²) in [5, 5.41) is 3.45. The van der Waals surface area contributed by atoms with Crippen LogP contribution in [0.4, 0.5) is 11.4 Å². The fourth-order valence-corrected chi connectivity index (χ4v) is 1.88. The van der Waals surface area contributed by atoms with Gasteiger partial charge in [-0.05, 0) is 42.7 Å². The summed E-state index contributed by atoms with van der Waals surface area (Å²) in [6, 6.07) is 16.7. The molecular formula is C15H17N.